The molecule has 0 aliphatic heterocycles. The van der Waals surface area contributed by atoms with E-state index in [1.54, 1.807) is 0 Å². The van der Waals surface area contributed by atoms with Gasteiger partial charge in [0.15, 0.2) is 0 Å². The highest BCUT2D eigenvalue weighted by atomic mass is 35.5. The summed E-state index contributed by atoms with van der Waals surface area (Å²) in [5.74, 6) is -13.8. The summed E-state index contributed by atoms with van der Waals surface area (Å²) in [6, 6.07) is 0. The fraction of sp³-hybridized carbons (Fsp3) is 0.803. The van der Waals surface area contributed by atoms with Crippen molar-refractivity contribution in [3.8, 4) is 0 Å². The van der Waals surface area contributed by atoms with Crippen LogP contribution in [0.25, 0.3) is 0 Å². The summed E-state index contributed by atoms with van der Waals surface area (Å²) in [5.41, 5.74) is -26.6. The number of thioether (sulfide) groups is 1. The lowest BCUT2D eigenvalue weighted by Crippen LogP contribution is -2.51. The number of alkyl halides is 1. The van der Waals surface area contributed by atoms with Crippen LogP contribution < -0.4 is 0 Å². The van der Waals surface area contributed by atoms with E-state index in [2.05, 4.69) is 0 Å². The van der Waals surface area contributed by atoms with E-state index in [1.807, 2.05) is 0 Å². The predicted molar refractivity (Wildman–Crippen MR) is 391 cm³/mol. The van der Waals surface area contributed by atoms with E-state index in [9.17, 15) is 71.9 Å². The van der Waals surface area contributed by atoms with E-state index in [1.165, 1.54) is 130 Å². The number of hydrogen-bond donors (Lipinski definition) is 0. The first-order valence-corrected chi connectivity index (χ1v) is 36.4. The van der Waals surface area contributed by atoms with Crippen molar-refractivity contribution >= 4 is 113 Å². The third kappa shape index (κ3) is 24.6. The quantitative estimate of drug-likeness (QED) is 0.0237. The molecule has 0 saturated heterocycles. The summed E-state index contributed by atoms with van der Waals surface area (Å²) < 4.78 is 80.5. The second-order valence-electron chi connectivity index (χ2n) is 33.2. The van der Waals surface area contributed by atoms with Crippen molar-refractivity contribution in [2.24, 2.45) is 75.8 Å². The molecule has 0 spiro atoms. The van der Waals surface area contributed by atoms with Crippen LogP contribution in [0.4, 0.5) is 0 Å². The average Bonchev–Trinajstić information content (AvgIpc) is 0.755. The van der Waals surface area contributed by atoms with Gasteiger partial charge in [0.05, 0.1) is 175 Å². The normalized spacial score (nSPS) is 19.1. The molecule has 0 aliphatic rings. The van der Waals surface area contributed by atoms with Crippen LogP contribution in [0.15, 0.2) is 0 Å². The van der Waals surface area contributed by atoms with Gasteiger partial charge in [0, 0.05) is 11.5 Å². The Kier molecular flexibility index (Phi) is 36.9. The molecule has 0 bridgehead atoms. The minimum atomic E-state index is -2.10. The van der Waals surface area contributed by atoms with Gasteiger partial charge in [0.1, 0.15) is 12.0 Å². The molecule has 0 aromatic rings. The van der Waals surface area contributed by atoms with Gasteiger partial charge in [-0.25, -0.2) is 0 Å². The Bertz CT molecular complexity index is 3260. The van der Waals surface area contributed by atoms with Gasteiger partial charge in [0.25, 0.3) is 0 Å². The first-order valence-electron chi connectivity index (χ1n) is 34.8. The number of ether oxygens (including phenoxy) is 15. The van der Waals surface area contributed by atoms with Gasteiger partial charge in [-0.1, -0.05) is 0 Å². The van der Waals surface area contributed by atoms with E-state index in [0.717, 1.165) is 92.4 Å². The van der Waals surface area contributed by atoms with Crippen molar-refractivity contribution in [2.75, 3.05) is 118 Å². The summed E-state index contributed by atoms with van der Waals surface area (Å²) in [7, 11) is 15.0. The molecule has 0 radical (unpaired) electrons. The molecule has 14 atom stereocenters. The zero-order valence-electron chi connectivity index (χ0n) is 69.4. The Morgan fingerprint density at radius 3 is 0.528 bits per heavy atom. The highest BCUT2D eigenvalue weighted by Crippen LogP contribution is 2.59. The minimum absolute atomic E-state index is 0.0140. The molecule has 108 heavy (non-hydrogen) atoms. The summed E-state index contributed by atoms with van der Waals surface area (Å²) in [6.45, 7) is 22.6. The predicted octanol–water partition coefficient (Wildman–Crippen LogP) is 9.49. The molecule has 0 N–H and O–H groups in total. The monoisotopic (exact) mass is 1580 g/mol. The molecule has 0 aromatic carbocycles. The molecule has 30 nitrogen and oxygen atoms in total. The highest BCUT2D eigenvalue weighted by Gasteiger charge is 2.63. The number of methoxy groups -OCH3 is 14. The molecule has 14 unspecified atom stereocenters. The van der Waals surface area contributed by atoms with Crippen molar-refractivity contribution in [2.45, 2.75) is 200 Å². The molecule has 0 fully saturated rings. The minimum Gasteiger partial charge on any atom is -0.469 e. The van der Waals surface area contributed by atoms with Crippen LogP contribution in [0.1, 0.15) is 194 Å². The number of rotatable bonds is 46. The van der Waals surface area contributed by atoms with Crippen LogP contribution >= 0.6 is 23.4 Å². The summed E-state index contributed by atoms with van der Waals surface area (Å²) in [5, 5.41) is -0.920. The first-order chi connectivity index (χ1) is 49.3. The molecule has 32 heteroatoms. The summed E-state index contributed by atoms with van der Waals surface area (Å²) in [6.07, 6.45) is -7.23. The van der Waals surface area contributed by atoms with E-state index in [-0.39, 0.29) is 31.0 Å². The molecule has 0 rings (SSSR count). The smallest absolute Gasteiger partial charge is 0.323 e. The second kappa shape index (κ2) is 39.5. The van der Waals surface area contributed by atoms with Gasteiger partial charge in [-0.15, -0.1) is 11.6 Å². The third-order valence-electron chi connectivity index (χ3n) is 21.0. The van der Waals surface area contributed by atoms with Crippen molar-refractivity contribution in [3.05, 3.63) is 0 Å². The number of carbonyl (C=O) groups excluding carboxylic acids is 15. The molecular formula is C76H123ClO30S. The maximum atomic E-state index is 14.9. The third-order valence-corrected chi connectivity index (χ3v) is 22.4. The second-order valence-corrected chi connectivity index (χ2v) is 34.9. The van der Waals surface area contributed by atoms with Crippen LogP contribution in [-0.4, -0.2) is 213 Å². The van der Waals surface area contributed by atoms with Crippen LogP contribution in [-0.2, 0) is 143 Å². The maximum absolute atomic E-state index is 14.9. The van der Waals surface area contributed by atoms with Crippen molar-refractivity contribution in [1.82, 2.24) is 0 Å². The van der Waals surface area contributed by atoms with Gasteiger partial charge in [0.2, 0.25) is 0 Å². The molecule has 0 aromatic heterocycles. The zero-order valence-corrected chi connectivity index (χ0v) is 71.0. The Balaban J connectivity index is 8.80. The highest BCUT2D eigenvalue weighted by molar-refractivity contribution is 7.99. The number of esters is 15. The number of hydrogen-bond acceptors (Lipinski definition) is 31. The van der Waals surface area contributed by atoms with Gasteiger partial charge in [-0.3, -0.25) is 71.9 Å². The van der Waals surface area contributed by atoms with Crippen molar-refractivity contribution in [1.29, 1.82) is 0 Å². The lowest BCUT2D eigenvalue weighted by molar-refractivity contribution is -0.175. The zero-order chi connectivity index (χ0) is 84.9. The van der Waals surface area contributed by atoms with Gasteiger partial charge in [-0.2, -0.15) is 11.8 Å². The molecule has 620 valence electrons. The Hall–Kier alpha value is -7.31. The Labute approximate surface area is 646 Å². The number of carbonyl (C=O) groups is 15. The van der Waals surface area contributed by atoms with E-state index >= 15 is 0 Å². The Morgan fingerprint density at radius 1 is 0.241 bits per heavy atom. The van der Waals surface area contributed by atoms with E-state index < -0.39 is 241 Å². The summed E-state index contributed by atoms with van der Waals surface area (Å²) in [4.78, 5) is 215. The lowest BCUT2D eigenvalue weighted by atomic mass is 9.55. The molecular weight excluding hydrogens is 1460 g/mol. The van der Waals surface area contributed by atoms with Crippen molar-refractivity contribution < 1.29 is 143 Å². The van der Waals surface area contributed by atoms with Gasteiger partial charge < -0.3 is 71.1 Å². The fourth-order valence-electron chi connectivity index (χ4n) is 18.1. The molecule has 0 heterocycles. The maximum Gasteiger partial charge on any atom is 0.323 e. The van der Waals surface area contributed by atoms with Crippen LogP contribution in [0.3, 0.4) is 0 Å². The lowest BCUT2D eigenvalue weighted by Gasteiger charge is -2.47. The van der Waals surface area contributed by atoms with Crippen LogP contribution in [0.5, 0.6) is 0 Å². The van der Waals surface area contributed by atoms with Crippen molar-refractivity contribution in [3.63, 3.8) is 0 Å². The topological polar surface area (TPSA) is 394 Å². The summed E-state index contributed by atoms with van der Waals surface area (Å²) >= 11 is 7.05. The molecule has 0 amide bonds. The standard InChI is InChI=1S/C76H123ClO30S/c1-47(77)48(78)107-31-32-108-46-76(16,62(92)106-30)45-75(15,61(91)105-29)44-74(14,60(90)104-28)43-73(13,59(89)103-27)42-72(12,58(88)102-26)41-71(11,57(87)101-25)40-70(10,56(86)100-24)39-69(9,55(85)99-23)38-68(8,54(84)98-22)37-67(7,53(83)97-21)36-66(6,52(82)96-20)35-65(5,51(81)95-19)34-64(4,50(80)94-18)33-63(2,3)49(79)93-17/h47H,31-46H2,1-30H3. The van der Waals surface area contributed by atoms with Gasteiger partial charge >= 0.3 is 89.5 Å². The van der Waals surface area contributed by atoms with E-state index in [0.29, 0.717) is 0 Å². The average molecular weight is 1580 g/mol. The van der Waals surface area contributed by atoms with E-state index in [4.69, 9.17) is 82.7 Å². The molecule has 0 saturated carbocycles. The van der Waals surface area contributed by atoms with Crippen LogP contribution in [0.2, 0.25) is 0 Å². The SMILES string of the molecule is COC(=O)C(C)(C)CC(C)(CC(C)(CC(C)(CC(C)(CC(C)(CC(C)(CC(C)(CC(C)(CC(C)(CC(C)(CC(C)(CC(C)(CC(C)(CSCCOC(=O)C(C)Cl)C(=O)OC)C(=O)OC)C(=O)OC)C(=O)OC)C(=O)OC)C(=O)OC)C(=O)OC)C(=O)OC)C(=O)OC)C(=O)OC)C(=O)OC)C(=O)OC)C(=O)OC. The van der Waals surface area contributed by atoms with Crippen LogP contribution in [0, 0.1) is 75.8 Å². The molecule has 0 aliphatic carbocycles. The largest absolute Gasteiger partial charge is 0.469 e. The Morgan fingerprint density at radius 2 is 0.380 bits per heavy atom. The van der Waals surface area contributed by atoms with Gasteiger partial charge in [-0.05, 0) is 194 Å². The number of halogens is 1. The first kappa shape index (κ1) is 101. The fourth-order valence-corrected chi connectivity index (χ4v) is 19.2.